The van der Waals surface area contributed by atoms with Gasteiger partial charge in [-0.1, -0.05) is 43.7 Å². The van der Waals surface area contributed by atoms with Crippen molar-refractivity contribution in [3.63, 3.8) is 0 Å². The molecule has 4 heteroatoms. The first kappa shape index (κ1) is 16.3. The third-order valence-electron chi connectivity index (χ3n) is 2.72. The summed E-state index contributed by atoms with van der Waals surface area (Å²) in [4.78, 5) is 0. The molecule has 1 aromatic rings. The van der Waals surface area contributed by atoms with Crippen LogP contribution in [0.4, 0.5) is 0 Å². The van der Waals surface area contributed by atoms with Crippen LogP contribution in [0, 0.1) is 12.8 Å². The SMILES string of the molecule is Cc1cccc(CS(=O)CC(O)CNCC(C)C)c1. The summed E-state index contributed by atoms with van der Waals surface area (Å²) in [6.07, 6.45) is -0.538. The van der Waals surface area contributed by atoms with Gasteiger partial charge in [0.05, 0.1) is 11.9 Å². The smallest absolute Gasteiger partial charge is 0.0779 e. The summed E-state index contributed by atoms with van der Waals surface area (Å²) in [5.41, 5.74) is 2.24. The van der Waals surface area contributed by atoms with E-state index in [0.717, 1.165) is 12.1 Å². The summed E-state index contributed by atoms with van der Waals surface area (Å²) in [7, 11) is -1.01. The molecule has 0 amide bonds. The molecular weight excluding hydrogens is 258 g/mol. The molecule has 0 aliphatic carbocycles. The number of aliphatic hydroxyl groups is 1. The van der Waals surface area contributed by atoms with Crippen LogP contribution in [0.1, 0.15) is 25.0 Å². The molecule has 108 valence electrons. The molecule has 0 fully saturated rings. The van der Waals surface area contributed by atoms with Crippen LogP contribution in [-0.4, -0.2) is 34.3 Å². The lowest BCUT2D eigenvalue weighted by molar-refractivity contribution is 0.193. The molecule has 0 aliphatic rings. The minimum atomic E-state index is -1.01. The topological polar surface area (TPSA) is 49.3 Å². The average molecular weight is 283 g/mol. The van der Waals surface area contributed by atoms with E-state index in [-0.39, 0.29) is 0 Å². The summed E-state index contributed by atoms with van der Waals surface area (Å²) >= 11 is 0. The summed E-state index contributed by atoms with van der Waals surface area (Å²) < 4.78 is 12.0. The van der Waals surface area contributed by atoms with Gasteiger partial charge in [0.2, 0.25) is 0 Å². The van der Waals surface area contributed by atoms with Gasteiger partial charge in [-0.15, -0.1) is 0 Å². The predicted molar refractivity (Wildman–Crippen MR) is 81.6 cm³/mol. The van der Waals surface area contributed by atoms with Gasteiger partial charge < -0.3 is 10.4 Å². The monoisotopic (exact) mass is 283 g/mol. The van der Waals surface area contributed by atoms with E-state index in [1.165, 1.54) is 5.56 Å². The highest BCUT2D eigenvalue weighted by Gasteiger charge is 2.10. The summed E-state index contributed by atoms with van der Waals surface area (Å²) in [6, 6.07) is 8.02. The third-order valence-corrected chi connectivity index (χ3v) is 4.13. The molecule has 2 N–H and O–H groups in total. The highest BCUT2D eigenvalue weighted by atomic mass is 32.2. The summed E-state index contributed by atoms with van der Waals surface area (Å²) in [6.45, 7) is 7.65. The van der Waals surface area contributed by atoms with Crippen molar-refractivity contribution < 1.29 is 9.32 Å². The highest BCUT2D eigenvalue weighted by molar-refractivity contribution is 7.84. The summed E-state index contributed by atoms with van der Waals surface area (Å²) in [5.74, 6) is 1.41. The van der Waals surface area contributed by atoms with E-state index in [1.807, 2.05) is 31.2 Å². The normalized spacial score (nSPS) is 14.6. The second kappa shape index (κ2) is 8.46. The van der Waals surface area contributed by atoms with E-state index >= 15 is 0 Å². The van der Waals surface area contributed by atoms with E-state index in [0.29, 0.717) is 24.0 Å². The van der Waals surface area contributed by atoms with Crippen molar-refractivity contribution in [3.8, 4) is 0 Å². The number of benzene rings is 1. The zero-order chi connectivity index (χ0) is 14.3. The Morgan fingerprint density at radius 2 is 2.05 bits per heavy atom. The first-order valence-corrected chi connectivity index (χ1v) is 8.25. The Balaban J connectivity index is 2.30. The largest absolute Gasteiger partial charge is 0.391 e. The number of rotatable bonds is 8. The van der Waals surface area contributed by atoms with E-state index in [1.54, 1.807) is 0 Å². The van der Waals surface area contributed by atoms with Crippen LogP contribution in [0.3, 0.4) is 0 Å². The van der Waals surface area contributed by atoms with E-state index in [2.05, 4.69) is 19.2 Å². The molecule has 1 aromatic carbocycles. The minimum absolute atomic E-state index is 0.332. The van der Waals surface area contributed by atoms with Crippen LogP contribution in [0.25, 0.3) is 0 Å². The van der Waals surface area contributed by atoms with Crippen LogP contribution < -0.4 is 5.32 Å². The van der Waals surface area contributed by atoms with Crippen LogP contribution >= 0.6 is 0 Å². The first-order chi connectivity index (χ1) is 8.97. The number of hydrogen-bond acceptors (Lipinski definition) is 3. The Labute approximate surface area is 118 Å². The van der Waals surface area contributed by atoms with Gasteiger partial charge in [0.25, 0.3) is 0 Å². The highest BCUT2D eigenvalue weighted by Crippen LogP contribution is 2.07. The Hall–Kier alpha value is -0.710. The zero-order valence-electron chi connectivity index (χ0n) is 12.1. The van der Waals surface area contributed by atoms with Crippen LogP contribution in [0.5, 0.6) is 0 Å². The molecule has 0 radical (unpaired) electrons. The Morgan fingerprint density at radius 1 is 1.32 bits per heavy atom. The Bertz CT molecular complexity index is 407. The molecule has 1 rings (SSSR count). The van der Waals surface area contributed by atoms with E-state index < -0.39 is 16.9 Å². The van der Waals surface area contributed by atoms with E-state index in [9.17, 15) is 9.32 Å². The fourth-order valence-corrected chi connectivity index (χ4v) is 3.08. The first-order valence-electron chi connectivity index (χ1n) is 6.76. The molecule has 0 saturated carbocycles. The maximum Gasteiger partial charge on any atom is 0.0779 e. The van der Waals surface area contributed by atoms with Crippen LogP contribution in [-0.2, 0) is 16.6 Å². The lowest BCUT2D eigenvalue weighted by Crippen LogP contribution is -2.33. The molecule has 2 atom stereocenters. The fraction of sp³-hybridized carbons (Fsp3) is 0.600. The second-order valence-corrected chi connectivity index (χ2v) is 6.95. The zero-order valence-corrected chi connectivity index (χ0v) is 12.9. The van der Waals surface area contributed by atoms with Gasteiger partial charge in [0, 0.05) is 23.1 Å². The van der Waals surface area contributed by atoms with Crippen molar-refractivity contribution in [1.82, 2.24) is 5.32 Å². The van der Waals surface area contributed by atoms with Crippen molar-refractivity contribution in [1.29, 1.82) is 0 Å². The van der Waals surface area contributed by atoms with Gasteiger partial charge in [0.1, 0.15) is 0 Å². The molecule has 0 aliphatic heterocycles. The van der Waals surface area contributed by atoms with Crippen molar-refractivity contribution in [2.24, 2.45) is 5.92 Å². The third kappa shape index (κ3) is 7.45. The maximum absolute atomic E-state index is 12.0. The standard InChI is InChI=1S/C15H25NO2S/c1-12(2)8-16-9-15(17)11-19(18)10-14-6-4-5-13(3)7-14/h4-7,12,15-17H,8-11H2,1-3H3. The van der Waals surface area contributed by atoms with Crippen molar-refractivity contribution in [2.45, 2.75) is 32.6 Å². The van der Waals surface area contributed by atoms with Gasteiger partial charge in [0.15, 0.2) is 0 Å². The maximum atomic E-state index is 12.0. The van der Waals surface area contributed by atoms with Crippen LogP contribution in [0.2, 0.25) is 0 Å². The van der Waals surface area contributed by atoms with Gasteiger partial charge >= 0.3 is 0 Å². The van der Waals surface area contributed by atoms with Gasteiger partial charge in [-0.05, 0) is 24.9 Å². The molecule has 0 bridgehead atoms. The Kier molecular flexibility index (Phi) is 7.28. The summed E-state index contributed by atoms with van der Waals surface area (Å²) in [5, 5.41) is 13.0. The quantitative estimate of drug-likeness (QED) is 0.765. The number of hydrogen-bond donors (Lipinski definition) is 2. The predicted octanol–water partition coefficient (Wildman–Crippen LogP) is 1.85. The molecule has 2 unspecified atom stereocenters. The molecule has 0 heterocycles. The Morgan fingerprint density at radius 3 is 2.68 bits per heavy atom. The molecule has 3 nitrogen and oxygen atoms in total. The number of aliphatic hydroxyl groups excluding tert-OH is 1. The lowest BCUT2D eigenvalue weighted by Gasteiger charge is -2.13. The van der Waals surface area contributed by atoms with Crippen LogP contribution in [0.15, 0.2) is 24.3 Å². The number of nitrogens with one attached hydrogen (secondary N) is 1. The molecule has 0 saturated heterocycles. The van der Waals surface area contributed by atoms with Crippen molar-refractivity contribution >= 4 is 10.8 Å². The molecule has 19 heavy (non-hydrogen) atoms. The minimum Gasteiger partial charge on any atom is -0.391 e. The fourth-order valence-electron chi connectivity index (χ4n) is 1.86. The lowest BCUT2D eigenvalue weighted by atomic mass is 10.2. The molecule has 0 spiro atoms. The van der Waals surface area contributed by atoms with Crippen molar-refractivity contribution in [3.05, 3.63) is 35.4 Å². The number of aryl methyl sites for hydroxylation is 1. The van der Waals surface area contributed by atoms with Gasteiger partial charge in [-0.25, -0.2) is 0 Å². The molecule has 0 aromatic heterocycles. The average Bonchev–Trinajstić information content (AvgIpc) is 2.27. The van der Waals surface area contributed by atoms with Gasteiger partial charge in [-0.2, -0.15) is 0 Å². The van der Waals surface area contributed by atoms with Gasteiger partial charge in [-0.3, -0.25) is 4.21 Å². The second-order valence-electron chi connectivity index (χ2n) is 5.45. The van der Waals surface area contributed by atoms with Crippen molar-refractivity contribution in [2.75, 3.05) is 18.8 Å². The molecular formula is C15H25NO2S. The van der Waals surface area contributed by atoms with E-state index in [4.69, 9.17) is 0 Å².